The van der Waals surface area contributed by atoms with E-state index in [1.54, 1.807) is 18.2 Å². The Labute approximate surface area is 121 Å². The Balaban J connectivity index is 2.45. The number of nitriles is 1. The SMILES string of the molecule is COC(=O)c1cc(/C=C\c2ccccc2)[nH]c(=O)c1C#N. The average Bonchev–Trinajstić information content (AvgIpc) is 2.52. The van der Waals surface area contributed by atoms with Crippen molar-refractivity contribution >= 4 is 18.1 Å². The first-order chi connectivity index (χ1) is 10.2. The van der Waals surface area contributed by atoms with Gasteiger partial charge < -0.3 is 9.72 Å². The van der Waals surface area contributed by atoms with Crippen LogP contribution in [0.2, 0.25) is 0 Å². The fraction of sp³-hybridized carbons (Fsp3) is 0.0625. The lowest BCUT2D eigenvalue weighted by Crippen LogP contribution is -2.18. The van der Waals surface area contributed by atoms with Crippen molar-refractivity contribution in [2.24, 2.45) is 0 Å². The van der Waals surface area contributed by atoms with Gasteiger partial charge in [-0.15, -0.1) is 0 Å². The van der Waals surface area contributed by atoms with Gasteiger partial charge in [0.25, 0.3) is 5.56 Å². The van der Waals surface area contributed by atoms with Gasteiger partial charge in [-0.05, 0) is 17.7 Å². The third kappa shape index (κ3) is 3.25. The number of nitrogens with zero attached hydrogens (tertiary/aromatic N) is 1. The number of H-pyrrole nitrogens is 1. The third-order valence-corrected chi connectivity index (χ3v) is 2.83. The van der Waals surface area contributed by atoms with Gasteiger partial charge in [0, 0.05) is 5.69 Å². The molecule has 0 unspecified atom stereocenters. The summed E-state index contributed by atoms with van der Waals surface area (Å²) in [6.07, 6.45) is 3.45. The second-order valence-electron chi connectivity index (χ2n) is 4.19. The number of benzene rings is 1. The van der Waals surface area contributed by atoms with Crippen LogP contribution in [0.5, 0.6) is 0 Å². The molecule has 0 amide bonds. The largest absolute Gasteiger partial charge is 0.465 e. The zero-order valence-corrected chi connectivity index (χ0v) is 11.3. The van der Waals surface area contributed by atoms with Gasteiger partial charge in [0.2, 0.25) is 0 Å². The van der Waals surface area contributed by atoms with Crippen molar-refractivity contribution in [3.8, 4) is 6.07 Å². The molecule has 1 aromatic carbocycles. The molecule has 2 aromatic rings. The molecule has 104 valence electrons. The van der Waals surface area contributed by atoms with Gasteiger partial charge in [-0.2, -0.15) is 5.26 Å². The summed E-state index contributed by atoms with van der Waals surface area (Å²) in [5.41, 5.74) is 0.453. The molecule has 0 saturated carbocycles. The summed E-state index contributed by atoms with van der Waals surface area (Å²) in [5, 5.41) is 8.95. The Bertz CT molecular complexity index is 783. The van der Waals surface area contributed by atoms with Gasteiger partial charge in [-0.25, -0.2) is 4.79 Å². The van der Waals surface area contributed by atoms with Crippen LogP contribution in [-0.4, -0.2) is 18.1 Å². The van der Waals surface area contributed by atoms with E-state index in [2.05, 4.69) is 9.72 Å². The number of hydrogen-bond acceptors (Lipinski definition) is 4. The van der Waals surface area contributed by atoms with Gasteiger partial charge >= 0.3 is 5.97 Å². The number of carbonyl (C=O) groups is 1. The topological polar surface area (TPSA) is 83.0 Å². The fourth-order valence-electron chi connectivity index (χ4n) is 1.80. The molecule has 21 heavy (non-hydrogen) atoms. The van der Waals surface area contributed by atoms with E-state index in [0.29, 0.717) is 5.69 Å². The smallest absolute Gasteiger partial charge is 0.339 e. The standard InChI is InChI=1S/C16H12N2O3/c1-21-16(20)13-9-12(18-15(19)14(13)10-17)8-7-11-5-3-2-4-6-11/h2-9H,1H3,(H,18,19)/b8-7-. The molecule has 0 aliphatic carbocycles. The van der Waals surface area contributed by atoms with Crippen LogP contribution in [0.15, 0.2) is 41.2 Å². The van der Waals surface area contributed by atoms with Crippen LogP contribution in [0, 0.1) is 11.3 Å². The molecule has 2 rings (SSSR count). The van der Waals surface area contributed by atoms with Crippen LogP contribution >= 0.6 is 0 Å². The Morgan fingerprint density at radius 2 is 2.00 bits per heavy atom. The molecule has 1 N–H and O–H groups in total. The molecule has 1 heterocycles. The molecule has 0 fully saturated rings. The summed E-state index contributed by atoms with van der Waals surface area (Å²) >= 11 is 0. The van der Waals surface area contributed by atoms with Crippen molar-refractivity contribution in [3.63, 3.8) is 0 Å². The van der Waals surface area contributed by atoms with Gasteiger partial charge in [-0.1, -0.05) is 36.4 Å². The number of hydrogen-bond donors (Lipinski definition) is 1. The number of aromatic amines is 1. The maximum atomic E-state index is 11.8. The third-order valence-electron chi connectivity index (χ3n) is 2.83. The summed E-state index contributed by atoms with van der Waals surface area (Å²) in [6.45, 7) is 0. The summed E-state index contributed by atoms with van der Waals surface area (Å²) in [6, 6.07) is 12.6. The number of aromatic nitrogens is 1. The highest BCUT2D eigenvalue weighted by Gasteiger charge is 2.15. The van der Waals surface area contributed by atoms with E-state index in [9.17, 15) is 9.59 Å². The summed E-state index contributed by atoms with van der Waals surface area (Å²) in [4.78, 5) is 26.0. The summed E-state index contributed by atoms with van der Waals surface area (Å²) < 4.78 is 4.58. The first kappa shape index (κ1) is 14.3. The predicted molar refractivity (Wildman–Crippen MR) is 78.5 cm³/mol. The first-order valence-electron chi connectivity index (χ1n) is 6.14. The van der Waals surface area contributed by atoms with Crippen molar-refractivity contribution in [1.29, 1.82) is 5.26 Å². The zero-order valence-electron chi connectivity index (χ0n) is 11.3. The summed E-state index contributed by atoms with van der Waals surface area (Å²) in [5.74, 6) is -0.716. The number of rotatable bonds is 3. The molecule has 0 spiro atoms. The van der Waals surface area contributed by atoms with Crippen molar-refractivity contribution in [1.82, 2.24) is 4.98 Å². The highest BCUT2D eigenvalue weighted by atomic mass is 16.5. The molecule has 0 aliphatic rings. The van der Waals surface area contributed by atoms with E-state index in [1.165, 1.54) is 13.2 Å². The van der Waals surface area contributed by atoms with E-state index >= 15 is 0 Å². The number of esters is 1. The number of ether oxygens (including phenoxy) is 1. The van der Waals surface area contributed by atoms with Gasteiger partial charge in [0.1, 0.15) is 11.6 Å². The number of pyridine rings is 1. The summed E-state index contributed by atoms with van der Waals surface area (Å²) in [7, 11) is 1.20. The normalized spacial score (nSPS) is 10.3. The lowest BCUT2D eigenvalue weighted by Gasteiger charge is -2.03. The number of carbonyl (C=O) groups excluding carboxylic acids is 1. The highest BCUT2D eigenvalue weighted by molar-refractivity contribution is 5.92. The minimum atomic E-state index is -0.716. The van der Waals surface area contributed by atoms with Crippen LogP contribution < -0.4 is 5.56 Å². The predicted octanol–water partition coefficient (Wildman–Crippen LogP) is 2.20. The zero-order chi connectivity index (χ0) is 15.2. The monoisotopic (exact) mass is 280 g/mol. The number of nitrogens with one attached hydrogen (secondary N) is 1. The van der Waals surface area contributed by atoms with E-state index in [0.717, 1.165) is 5.56 Å². The van der Waals surface area contributed by atoms with Crippen molar-refractivity contribution in [2.45, 2.75) is 0 Å². The Morgan fingerprint density at radius 1 is 1.29 bits per heavy atom. The van der Waals surface area contributed by atoms with Crippen LogP contribution in [-0.2, 0) is 4.74 Å². The van der Waals surface area contributed by atoms with Gasteiger partial charge in [0.05, 0.1) is 12.7 Å². The first-order valence-corrected chi connectivity index (χ1v) is 6.14. The highest BCUT2D eigenvalue weighted by Crippen LogP contribution is 2.10. The quantitative estimate of drug-likeness (QED) is 0.874. The average molecular weight is 280 g/mol. The molecular formula is C16H12N2O3. The van der Waals surface area contributed by atoms with E-state index < -0.39 is 11.5 Å². The van der Waals surface area contributed by atoms with E-state index in [1.807, 2.05) is 30.3 Å². The second-order valence-corrected chi connectivity index (χ2v) is 4.19. The van der Waals surface area contributed by atoms with Crippen LogP contribution in [0.4, 0.5) is 0 Å². The number of methoxy groups -OCH3 is 1. The van der Waals surface area contributed by atoms with Crippen molar-refractivity contribution in [2.75, 3.05) is 7.11 Å². The molecule has 0 atom stereocenters. The lowest BCUT2D eigenvalue weighted by atomic mass is 10.1. The lowest BCUT2D eigenvalue weighted by molar-refractivity contribution is 0.0600. The molecule has 0 aliphatic heterocycles. The van der Waals surface area contributed by atoms with Crippen LogP contribution in [0.1, 0.15) is 27.2 Å². The molecule has 5 heteroatoms. The minimum Gasteiger partial charge on any atom is -0.465 e. The molecule has 1 aromatic heterocycles. The second kappa shape index (κ2) is 6.35. The van der Waals surface area contributed by atoms with E-state index in [-0.39, 0.29) is 11.1 Å². The fourth-order valence-corrected chi connectivity index (χ4v) is 1.80. The minimum absolute atomic E-state index is 0.0449. The Hall–Kier alpha value is -3.13. The van der Waals surface area contributed by atoms with Crippen molar-refractivity contribution < 1.29 is 9.53 Å². The van der Waals surface area contributed by atoms with E-state index in [4.69, 9.17) is 5.26 Å². The van der Waals surface area contributed by atoms with Crippen LogP contribution in [0.3, 0.4) is 0 Å². The maximum Gasteiger partial charge on any atom is 0.339 e. The molecule has 0 saturated heterocycles. The van der Waals surface area contributed by atoms with Gasteiger partial charge in [0.15, 0.2) is 0 Å². The molecule has 0 bridgehead atoms. The van der Waals surface area contributed by atoms with Crippen molar-refractivity contribution in [3.05, 3.63) is 69.1 Å². The van der Waals surface area contributed by atoms with Crippen LogP contribution in [0.25, 0.3) is 12.2 Å². The Morgan fingerprint density at radius 3 is 2.62 bits per heavy atom. The maximum absolute atomic E-state index is 11.8. The molecule has 0 radical (unpaired) electrons. The molecule has 5 nitrogen and oxygen atoms in total. The molecular weight excluding hydrogens is 268 g/mol. The van der Waals surface area contributed by atoms with Gasteiger partial charge in [-0.3, -0.25) is 4.79 Å². The Kier molecular flexibility index (Phi) is 4.32.